The summed E-state index contributed by atoms with van der Waals surface area (Å²) in [6.07, 6.45) is 2.47. The van der Waals surface area contributed by atoms with Gasteiger partial charge in [-0.25, -0.2) is 12.4 Å². The monoisotopic (exact) mass is 460 g/mol. The molecule has 5 nitrogen and oxygen atoms in total. The van der Waals surface area contributed by atoms with Crippen molar-refractivity contribution in [3.63, 3.8) is 0 Å². The van der Waals surface area contributed by atoms with E-state index in [1.54, 1.807) is 30.3 Å². The Morgan fingerprint density at radius 2 is 1.58 bits per heavy atom. The topological polar surface area (TPSA) is 68.2 Å². The molecule has 1 amide bonds. The Balaban J connectivity index is 1.85. The standard InChI is InChI=1S/C27H28N2O3S/c1-3-4-13-25-27(28-26(30)19-21-10-6-5-7-11-21)23-12-8-9-14-24(23)29(25)33(31,32)22-17-15-20(2)16-18-22/h5-12,14-18H,3-4,13,19H2,1-2H3,(H,28,30). The Hall–Kier alpha value is -3.38. The van der Waals surface area contributed by atoms with Gasteiger partial charge < -0.3 is 5.32 Å². The number of para-hydroxylation sites is 1. The van der Waals surface area contributed by atoms with Crippen LogP contribution in [0.2, 0.25) is 0 Å². The van der Waals surface area contributed by atoms with Crippen molar-refractivity contribution >= 4 is 32.5 Å². The van der Waals surface area contributed by atoms with Gasteiger partial charge in [0.1, 0.15) is 0 Å². The molecular formula is C27H28N2O3S. The fourth-order valence-corrected chi connectivity index (χ4v) is 5.61. The first-order chi connectivity index (χ1) is 15.9. The first-order valence-electron chi connectivity index (χ1n) is 11.2. The fraction of sp³-hybridized carbons (Fsp3) is 0.222. The number of hydrogen-bond acceptors (Lipinski definition) is 3. The molecule has 3 aromatic carbocycles. The number of fused-ring (bicyclic) bond motifs is 1. The van der Waals surface area contributed by atoms with E-state index in [1.807, 2.05) is 55.5 Å². The third-order valence-electron chi connectivity index (χ3n) is 5.72. The number of nitrogens with zero attached hydrogens (tertiary/aromatic N) is 1. The molecule has 0 radical (unpaired) electrons. The normalized spacial score (nSPS) is 11.6. The first kappa shape index (κ1) is 22.8. The van der Waals surface area contributed by atoms with Gasteiger partial charge >= 0.3 is 0 Å². The van der Waals surface area contributed by atoms with Crippen molar-refractivity contribution in [3.05, 3.63) is 95.7 Å². The molecule has 170 valence electrons. The number of unbranched alkanes of at least 4 members (excludes halogenated alkanes) is 1. The van der Waals surface area contributed by atoms with E-state index in [0.717, 1.165) is 29.4 Å². The molecule has 0 aliphatic carbocycles. The third-order valence-corrected chi connectivity index (χ3v) is 7.49. The zero-order valence-corrected chi connectivity index (χ0v) is 19.7. The van der Waals surface area contributed by atoms with Crippen molar-refractivity contribution in [2.24, 2.45) is 0 Å². The van der Waals surface area contributed by atoms with E-state index in [4.69, 9.17) is 0 Å². The van der Waals surface area contributed by atoms with E-state index in [-0.39, 0.29) is 17.2 Å². The Morgan fingerprint density at radius 3 is 2.27 bits per heavy atom. The first-order valence-corrected chi connectivity index (χ1v) is 12.6. The second-order valence-electron chi connectivity index (χ2n) is 8.24. The van der Waals surface area contributed by atoms with Gasteiger partial charge in [-0.15, -0.1) is 0 Å². The highest BCUT2D eigenvalue weighted by Gasteiger charge is 2.27. The highest BCUT2D eigenvalue weighted by Crippen LogP contribution is 2.35. The van der Waals surface area contributed by atoms with Crippen LogP contribution in [0.5, 0.6) is 0 Å². The summed E-state index contributed by atoms with van der Waals surface area (Å²) < 4.78 is 29.0. The van der Waals surface area contributed by atoms with Crippen LogP contribution in [0.1, 0.15) is 36.6 Å². The lowest BCUT2D eigenvalue weighted by molar-refractivity contribution is -0.115. The SMILES string of the molecule is CCCCc1c(NC(=O)Cc2ccccc2)c2ccccc2n1S(=O)(=O)c1ccc(C)cc1. The lowest BCUT2D eigenvalue weighted by Gasteiger charge is -2.14. The summed E-state index contributed by atoms with van der Waals surface area (Å²) in [6.45, 7) is 3.99. The summed E-state index contributed by atoms with van der Waals surface area (Å²) in [5.41, 5.74) is 3.66. The Bertz CT molecular complexity index is 1370. The van der Waals surface area contributed by atoms with Gasteiger partial charge in [0.25, 0.3) is 10.0 Å². The number of nitrogens with one attached hydrogen (secondary N) is 1. The van der Waals surface area contributed by atoms with Crippen LogP contribution in [-0.4, -0.2) is 18.3 Å². The summed E-state index contributed by atoms with van der Waals surface area (Å²) >= 11 is 0. The second-order valence-corrected chi connectivity index (χ2v) is 10.0. The fourth-order valence-electron chi connectivity index (χ4n) is 4.03. The van der Waals surface area contributed by atoms with Crippen LogP contribution < -0.4 is 5.32 Å². The van der Waals surface area contributed by atoms with Crippen LogP contribution >= 0.6 is 0 Å². The average Bonchev–Trinajstić information content (AvgIpc) is 3.12. The molecule has 0 saturated heterocycles. The van der Waals surface area contributed by atoms with Crippen molar-refractivity contribution in [1.29, 1.82) is 0 Å². The van der Waals surface area contributed by atoms with Gasteiger partial charge in [-0.05, 0) is 43.5 Å². The minimum Gasteiger partial charge on any atom is -0.324 e. The van der Waals surface area contributed by atoms with Crippen LogP contribution in [0.4, 0.5) is 5.69 Å². The van der Waals surface area contributed by atoms with E-state index < -0.39 is 10.0 Å². The lowest BCUT2D eigenvalue weighted by atomic mass is 10.1. The van der Waals surface area contributed by atoms with Crippen LogP contribution in [0.25, 0.3) is 10.9 Å². The summed E-state index contributed by atoms with van der Waals surface area (Å²) in [7, 11) is -3.85. The second kappa shape index (κ2) is 9.63. The molecule has 6 heteroatoms. The summed E-state index contributed by atoms with van der Waals surface area (Å²) in [5, 5.41) is 3.76. The van der Waals surface area contributed by atoms with Crippen molar-refractivity contribution in [1.82, 2.24) is 3.97 Å². The predicted molar refractivity (Wildman–Crippen MR) is 133 cm³/mol. The van der Waals surface area contributed by atoms with Gasteiger partial charge in [-0.3, -0.25) is 4.79 Å². The maximum absolute atomic E-state index is 13.8. The molecule has 0 saturated carbocycles. The zero-order chi connectivity index (χ0) is 23.4. The molecular weight excluding hydrogens is 432 g/mol. The zero-order valence-electron chi connectivity index (χ0n) is 18.9. The third kappa shape index (κ3) is 4.71. The molecule has 1 heterocycles. The van der Waals surface area contributed by atoms with Gasteiger partial charge in [-0.1, -0.05) is 79.6 Å². The molecule has 0 unspecified atom stereocenters. The summed E-state index contributed by atoms with van der Waals surface area (Å²) in [4.78, 5) is 13.2. The number of carbonyl (C=O) groups is 1. The molecule has 0 spiro atoms. The minimum absolute atomic E-state index is 0.172. The quantitative estimate of drug-likeness (QED) is 0.366. The van der Waals surface area contributed by atoms with Gasteiger partial charge in [0, 0.05) is 5.39 Å². The van der Waals surface area contributed by atoms with E-state index in [2.05, 4.69) is 12.2 Å². The molecule has 33 heavy (non-hydrogen) atoms. The average molecular weight is 461 g/mol. The molecule has 0 atom stereocenters. The number of anilines is 1. The largest absolute Gasteiger partial charge is 0.324 e. The predicted octanol–water partition coefficient (Wildman–Crippen LogP) is 5.71. The van der Waals surface area contributed by atoms with Crippen LogP contribution in [-0.2, 0) is 27.7 Å². The molecule has 4 aromatic rings. The molecule has 0 bridgehead atoms. The number of rotatable bonds is 8. The maximum atomic E-state index is 13.8. The maximum Gasteiger partial charge on any atom is 0.268 e. The van der Waals surface area contributed by atoms with Crippen molar-refractivity contribution in [2.45, 2.75) is 44.4 Å². The van der Waals surface area contributed by atoms with E-state index in [1.165, 1.54) is 3.97 Å². The van der Waals surface area contributed by atoms with Gasteiger partial charge in [-0.2, -0.15) is 0 Å². The number of hydrogen-bond donors (Lipinski definition) is 1. The number of amides is 1. The molecule has 4 rings (SSSR count). The summed E-state index contributed by atoms with van der Waals surface area (Å²) in [5.74, 6) is -0.172. The van der Waals surface area contributed by atoms with Crippen molar-refractivity contribution in [3.8, 4) is 0 Å². The molecule has 0 aliphatic rings. The molecule has 1 N–H and O–H groups in total. The smallest absolute Gasteiger partial charge is 0.268 e. The highest BCUT2D eigenvalue weighted by atomic mass is 32.2. The van der Waals surface area contributed by atoms with Crippen LogP contribution in [0.3, 0.4) is 0 Å². The Kier molecular flexibility index (Phi) is 6.65. The molecule has 1 aromatic heterocycles. The number of aromatic nitrogens is 1. The molecule has 0 fully saturated rings. The summed E-state index contributed by atoms with van der Waals surface area (Å²) in [6, 6.07) is 23.7. The van der Waals surface area contributed by atoms with Crippen LogP contribution in [0.15, 0.2) is 83.8 Å². The van der Waals surface area contributed by atoms with Gasteiger partial charge in [0.05, 0.1) is 28.2 Å². The van der Waals surface area contributed by atoms with Crippen molar-refractivity contribution in [2.75, 3.05) is 5.32 Å². The molecule has 0 aliphatic heterocycles. The van der Waals surface area contributed by atoms with E-state index >= 15 is 0 Å². The highest BCUT2D eigenvalue weighted by molar-refractivity contribution is 7.90. The van der Waals surface area contributed by atoms with Gasteiger partial charge in [0.2, 0.25) is 5.91 Å². The van der Waals surface area contributed by atoms with Gasteiger partial charge in [0.15, 0.2) is 0 Å². The number of aryl methyl sites for hydroxylation is 1. The number of benzene rings is 3. The van der Waals surface area contributed by atoms with E-state index in [0.29, 0.717) is 23.3 Å². The number of carbonyl (C=O) groups excluding carboxylic acids is 1. The minimum atomic E-state index is -3.85. The lowest BCUT2D eigenvalue weighted by Crippen LogP contribution is -2.19. The Labute approximate surface area is 195 Å². The van der Waals surface area contributed by atoms with Crippen molar-refractivity contribution < 1.29 is 13.2 Å². The van der Waals surface area contributed by atoms with Crippen LogP contribution in [0, 0.1) is 6.92 Å². The van der Waals surface area contributed by atoms with E-state index in [9.17, 15) is 13.2 Å². The Morgan fingerprint density at radius 1 is 0.909 bits per heavy atom.